The minimum atomic E-state index is -4.56. The molecule has 0 heterocycles. The fourth-order valence-corrected chi connectivity index (χ4v) is 4.05. The summed E-state index contributed by atoms with van der Waals surface area (Å²) < 4.78 is 136. The first-order valence-corrected chi connectivity index (χ1v) is 9.84. The molecule has 0 nitrogen and oxygen atoms in total. The van der Waals surface area contributed by atoms with Crippen LogP contribution in [-0.2, 0) is 0 Å². The molecule has 0 amide bonds. The molecule has 0 aromatic heterocycles. The Morgan fingerprint density at radius 2 is 1.13 bits per heavy atom. The average Bonchev–Trinajstić information content (AvgIpc) is 2.54. The summed E-state index contributed by atoms with van der Waals surface area (Å²) >= 11 is -0.518. The van der Waals surface area contributed by atoms with Crippen molar-refractivity contribution in [1.29, 1.82) is 0 Å². The predicted molar refractivity (Wildman–Crippen MR) is 93.4 cm³/mol. The minimum Gasteiger partial charge on any atom is -0.207 e. The van der Waals surface area contributed by atoms with Crippen molar-refractivity contribution >= 4 is 23.5 Å². The Morgan fingerprint density at radius 3 is 1.63 bits per heavy atom. The van der Waals surface area contributed by atoms with Crippen LogP contribution < -0.4 is 0 Å². The Labute approximate surface area is 173 Å². The SMILES string of the molecule is Fc1ccc(SCC(F)(F)CC(F)(F)CC(F)(F)Sc2ccc(F)cc2F)c(F)c1. The first-order valence-electron chi connectivity index (χ1n) is 8.03. The van der Waals surface area contributed by atoms with E-state index in [9.17, 15) is 43.9 Å². The molecule has 0 fully saturated rings. The second-order valence-corrected chi connectivity index (χ2v) is 8.50. The molecule has 0 spiro atoms. The van der Waals surface area contributed by atoms with E-state index in [-0.39, 0.29) is 17.8 Å². The highest BCUT2D eigenvalue weighted by molar-refractivity contribution is 8.00. The van der Waals surface area contributed by atoms with Crippen molar-refractivity contribution in [2.45, 2.75) is 39.7 Å². The normalized spacial score (nSPS) is 13.0. The zero-order chi connectivity index (χ0) is 22.7. The molecule has 30 heavy (non-hydrogen) atoms. The zero-order valence-electron chi connectivity index (χ0n) is 14.7. The molecule has 12 heteroatoms. The van der Waals surface area contributed by atoms with Crippen molar-refractivity contribution in [2.24, 2.45) is 0 Å². The van der Waals surface area contributed by atoms with E-state index in [1.807, 2.05) is 0 Å². The fraction of sp³-hybridized carbons (Fsp3) is 0.333. The lowest BCUT2D eigenvalue weighted by Crippen LogP contribution is -2.35. The number of halogens is 10. The Morgan fingerprint density at radius 1 is 0.633 bits per heavy atom. The molecular formula is C18H12F10S2. The van der Waals surface area contributed by atoms with E-state index >= 15 is 0 Å². The van der Waals surface area contributed by atoms with Crippen molar-refractivity contribution in [3.8, 4) is 0 Å². The molecule has 0 N–H and O–H groups in total. The van der Waals surface area contributed by atoms with Crippen LogP contribution in [-0.4, -0.2) is 22.9 Å². The van der Waals surface area contributed by atoms with E-state index < -0.39 is 80.5 Å². The Hall–Kier alpha value is -1.56. The van der Waals surface area contributed by atoms with E-state index in [1.165, 1.54) is 0 Å². The molecule has 0 saturated heterocycles. The van der Waals surface area contributed by atoms with Crippen molar-refractivity contribution < 1.29 is 43.9 Å². The molecule has 0 radical (unpaired) electrons. The van der Waals surface area contributed by atoms with Gasteiger partial charge in [0.15, 0.2) is 0 Å². The van der Waals surface area contributed by atoms with Crippen molar-refractivity contribution in [2.75, 3.05) is 5.75 Å². The minimum absolute atomic E-state index is 0.124. The van der Waals surface area contributed by atoms with Gasteiger partial charge in [0, 0.05) is 21.9 Å². The van der Waals surface area contributed by atoms with Gasteiger partial charge >= 0.3 is 5.25 Å². The van der Waals surface area contributed by atoms with Gasteiger partial charge in [-0.1, -0.05) is 0 Å². The number of hydrogen-bond acceptors (Lipinski definition) is 2. The monoisotopic (exact) mass is 482 g/mol. The molecule has 0 aliphatic heterocycles. The molecule has 0 aliphatic carbocycles. The second kappa shape index (κ2) is 9.29. The molecule has 0 unspecified atom stereocenters. The summed E-state index contributed by atoms with van der Waals surface area (Å²) in [5, 5.41) is -4.34. The second-order valence-electron chi connectivity index (χ2n) is 6.24. The van der Waals surface area contributed by atoms with Gasteiger partial charge < -0.3 is 0 Å². The summed E-state index contributed by atoms with van der Waals surface area (Å²) in [5.41, 5.74) is 0. The van der Waals surface area contributed by atoms with Crippen LogP contribution >= 0.6 is 23.5 Å². The maximum atomic E-state index is 13.9. The Balaban J connectivity index is 2.00. The Bertz CT molecular complexity index is 885. The van der Waals surface area contributed by atoms with E-state index in [0.29, 0.717) is 18.2 Å². The highest BCUT2D eigenvalue weighted by atomic mass is 32.2. The van der Waals surface area contributed by atoms with E-state index in [2.05, 4.69) is 0 Å². The number of hydrogen-bond donors (Lipinski definition) is 0. The van der Waals surface area contributed by atoms with Crippen LogP contribution in [0.25, 0.3) is 0 Å². The maximum absolute atomic E-state index is 13.9. The highest BCUT2D eigenvalue weighted by Crippen LogP contribution is 2.47. The van der Waals surface area contributed by atoms with Gasteiger partial charge in [0.05, 0.1) is 18.6 Å². The predicted octanol–water partition coefficient (Wildman–Crippen LogP) is 7.77. The summed E-state index contributed by atoms with van der Waals surface area (Å²) in [6.45, 7) is 0. The van der Waals surface area contributed by atoms with Crippen molar-refractivity contribution in [3.63, 3.8) is 0 Å². The van der Waals surface area contributed by atoms with Gasteiger partial charge in [-0.05, 0) is 36.0 Å². The van der Waals surface area contributed by atoms with E-state index in [1.54, 1.807) is 0 Å². The lowest BCUT2D eigenvalue weighted by molar-refractivity contribution is -0.127. The number of thioether (sulfide) groups is 2. The van der Waals surface area contributed by atoms with Gasteiger partial charge in [-0.25, -0.2) is 35.1 Å². The fourth-order valence-electron chi connectivity index (χ4n) is 2.32. The van der Waals surface area contributed by atoms with Crippen LogP contribution in [0.1, 0.15) is 12.8 Å². The van der Waals surface area contributed by atoms with Crippen LogP contribution in [0.3, 0.4) is 0 Å². The van der Waals surface area contributed by atoms with Gasteiger partial charge in [-0.2, -0.15) is 8.78 Å². The first-order chi connectivity index (χ1) is 13.7. The summed E-state index contributed by atoms with van der Waals surface area (Å²) in [6.07, 6.45) is -4.59. The molecule has 166 valence electrons. The molecular weight excluding hydrogens is 470 g/mol. The third-order valence-corrected chi connectivity index (χ3v) is 5.67. The molecule has 2 aromatic carbocycles. The topological polar surface area (TPSA) is 0 Å². The van der Waals surface area contributed by atoms with Crippen molar-refractivity contribution in [1.82, 2.24) is 0 Å². The van der Waals surface area contributed by atoms with Crippen molar-refractivity contribution in [3.05, 3.63) is 59.7 Å². The first kappa shape index (κ1) is 24.7. The number of alkyl halides is 6. The number of benzene rings is 2. The number of rotatable bonds is 9. The van der Waals surface area contributed by atoms with Crippen LogP contribution in [0.5, 0.6) is 0 Å². The molecule has 0 atom stereocenters. The Kier molecular flexibility index (Phi) is 7.65. The van der Waals surface area contributed by atoms with Gasteiger partial charge in [0.25, 0.3) is 11.8 Å². The van der Waals surface area contributed by atoms with Crippen LogP contribution in [0.2, 0.25) is 0 Å². The third-order valence-electron chi connectivity index (χ3n) is 3.47. The summed E-state index contributed by atoms with van der Waals surface area (Å²) in [5.74, 6) is -14.7. The van der Waals surface area contributed by atoms with Crippen LogP contribution in [0.4, 0.5) is 43.9 Å². The lowest BCUT2D eigenvalue weighted by Gasteiger charge is -2.26. The molecule has 2 aromatic rings. The van der Waals surface area contributed by atoms with Gasteiger partial charge in [0.1, 0.15) is 23.3 Å². The van der Waals surface area contributed by atoms with E-state index in [4.69, 9.17) is 0 Å². The lowest BCUT2D eigenvalue weighted by atomic mass is 10.1. The molecule has 2 rings (SSSR count). The van der Waals surface area contributed by atoms with Crippen LogP contribution in [0.15, 0.2) is 46.2 Å². The highest BCUT2D eigenvalue weighted by Gasteiger charge is 2.50. The zero-order valence-corrected chi connectivity index (χ0v) is 16.3. The largest absolute Gasteiger partial charge is 0.304 e. The average molecular weight is 482 g/mol. The quantitative estimate of drug-likeness (QED) is 0.265. The molecule has 0 saturated carbocycles. The summed E-state index contributed by atoms with van der Waals surface area (Å²) in [4.78, 5) is -1.25. The summed E-state index contributed by atoms with van der Waals surface area (Å²) in [6, 6.07) is 3.57. The van der Waals surface area contributed by atoms with Gasteiger partial charge in [0.2, 0.25) is 0 Å². The standard InChI is InChI=1S/C18H12F10S2/c19-10-1-3-14(12(21)5-10)29-9-17(25,26)7-16(23,24)8-18(27,28)30-15-4-2-11(20)6-13(15)22/h1-6H,7-9H2. The molecule has 0 aliphatic rings. The summed E-state index contributed by atoms with van der Waals surface area (Å²) in [7, 11) is 0. The van der Waals surface area contributed by atoms with E-state index in [0.717, 1.165) is 12.1 Å². The maximum Gasteiger partial charge on any atom is 0.304 e. The third kappa shape index (κ3) is 7.60. The van der Waals surface area contributed by atoms with Gasteiger partial charge in [-0.3, -0.25) is 0 Å². The smallest absolute Gasteiger partial charge is 0.207 e. The van der Waals surface area contributed by atoms with Gasteiger partial charge in [-0.15, -0.1) is 11.8 Å². The van der Waals surface area contributed by atoms with Crippen LogP contribution in [0, 0.1) is 23.3 Å². The molecule has 0 bridgehead atoms.